The molecule has 1 aromatic heterocycles. The molecule has 1 atom stereocenters. The molecule has 0 fully saturated rings. The Kier molecular flexibility index (Phi) is 5.74. The van der Waals surface area contributed by atoms with Crippen molar-refractivity contribution in [2.24, 2.45) is 0 Å². The SMILES string of the molecule is CCCOc1cccc(C(C#N)NCc2ccccn2)c1. The van der Waals surface area contributed by atoms with Crippen LogP contribution in [0.4, 0.5) is 0 Å². The largest absolute Gasteiger partial charge is 0.494 e. The van der Waals surface area contributed by atoms with Crippen molar-refractivity contribution in [2.75, 3.05) is 6.61 Å². The predicted molar refractivity (Wildman–Crippen MR) is 81.7 cm³/mol. The van der Waals surface area contributed by atoms with Crippen molar-refractivity contribution in [3.63, 3.8) is 0 Å². The maximum Gasteiger partial charge on any atom is 0.121 e. The van der Waals surface area contributed by atoms with Gasteiger partial charge in [-0.25, -0.2) is 0 Å². The van der Waals surface area contributed by atoms with Crippen molar-refractivity contribution in [2.45, 2.75) is 25.9 Å². The summed E-state index contributed by atoms with van der Waals surface area (Å²) in [6.07, 6.45) is 2.71. The first-order valence-electron chi connectivity index (χ1n) is 7.09. The van der Waals surface area contributed by atoms with Crippen molar-refractivity contribution in [1.82, 2.24) is 10.3 Å². The molecule has 2 aromatic rings. The van der Waals surface area contributed by atoms with Gasteiger partial charge in [-0.1, -0.05) is 25.1 Å². The van der Waals surface area contributed by atoms with E-state index in [1.807, 2.05) is 42.5 Å². The lowest BCUT2D eigenvalue weighted by Crippen LogP contribution is -2.20. The molecular weight excluding hydrogens is 262 g/mol. The summed E-state index contributed by atoms with van der Waals surface area (Å²) in [5.74, 6) is 0.800. The van der Waals surface area contributed by atoms with Gasteiger partial charge in [-0.05, 0) is 36.2 Å². The molecule has 21 heavy (non-hydrogen) atoms. The molecule has 0 aliphatic heterocycles. The van der Waals surface area contributed by atoms with E-state index >= 15 is 0 Å². The predicted octanol–water partition coefficient (Wildman–Crippen LogP) is 3.22. The maximum atomic E-state index is 9.35. The summed E-state index contributed by atoms with van der Waals surface area (Å²) in [5.41, 5.74) is 1.82. The molecule has 4 nitrogen and oxygen atoms in total. The van der Waals surface area contributed by atoms with Gasteiger partial charge >= 0.3 is 0 Å². The molecule has 0 saturated heterocycles. The molecule has 0 aliphatic carbocycles. The first kappa shape index (κ1) is 15.0. The molecule has 0 aliphatic rings. The van der Waals surface area contributed by atoms with Gasteiger partial charge in [-0.2, -0.15) is 5.26 Å². The van der Waals surface area contributed by atoms with E-state index in [-0.39, 0.29) is 6.04 Å². The third-order valence-corrected chi connectivity index (χ3v) is 3.01. The Morgan fingerprint density at radius 3 is 2.90 bits per heavy atom. The molecule has 1 N–H and O–H groups in total. The molecule has 0 amide bonds. The summed E-state index contributed by atoms with van der Waals surface area (Å²) >= 11 is 0. The lowest BCUT2D eigenvalue weighted by molar-refractivity contribution is 0.317. The van der Waals surface area contributed by atoms with Crippen LogP contribution in [0, 0.1) is 11.3 Å². The molecule has 0 radical (unpaired) electrons. The number of nitrogens with one attached hydrogen (secondary N) is 1. The van der Waals surface area contributed by atoms with Crippen LogP contribution in [0.1, 0.15) is 30.6 Å². The Morgan fingerprint density at radius 2 is 2.19 bits per heavy atom. The summed E-state index contributed by atoms with van der Waals surface area (Å²) in [6, 6.07) is 15.3. The highest BCUT2D eigenvalue weighted by molar-refractivity contribution is 5.33. The quantitative estimate of drug-likeness (QED) is 0.846. The average Bonchev–Trinajstić information content (AvgIpc) is 2.55. The van der Waals surface area contributed by atoms with E-state index in [9.17, 15) is 5.26 Å². The van der Waals surface area contributed by atoms with E-state index in [1.165, 1.54) is 0 Å². The number of ether oxygens (including phenoxy) is 1. The number of nitriles is 1. The maximum absolute atomic E-state index is 9.35. The van der Waals surface area contributed by atoms with Crippen molar-refractivity contribution in [3.8, 4) is 11.8 Å². The van der Waals surface area contributed by atoms with Gasteiger partial charge < -0.3 is 4.74 Å². The summed E-state index contributed by atoms with van der Waals surface area (Å²) in [6.45, 7) is 3.30. The van der Waals surface area contributed by atoms with Gasteiger partial charge in [0.15, 0.2) is 0 Å². The van der Waals surface area contributed by atoms with Gasteiger partial charge in [0.1, 0.15) is 11.8 Å². The minimum Gasteiger partial charge on any atom is -0.494 e. The topological polar surface area (TPSA) is 57.9 Å². The average molecular weight is 281 g/mol. The second-order valence-electron chi connectivity index (χ2n) is 4.69. The zero-order chi connectivity index (χ0) is 14.9. The first-order valence-corrected chi connectivity index (χ1v) is 7.09. The van der Waals surface area contributed by atoms with Crippen LogP contribution in [0.2, 0.25) is 0 Å². The molecule has 0 bridgehead atoms. The van der Waals surface area contributed by atoms with Crippen LogP contribution in [0.15, 0.2) is 48.7 Å². The number of hydrogen-bond acceptors (Lipinski definition) is 4. The highest BCUT2D eigenvalue weighted by Crippen LogP contribution is 2.19. The number of nitrogens with zero attached hydrogens (tertiary/aromatic N) is 2. The molecule has 0 spiro atoms. The van der Waals surface area contributed by atoms with Crippen LogP contribution >= 0.6 is 0 Å². The fourth-order valence-electron chi connectivity index (χ4n) is 1.95. The molecule has 2 rings (SSSR count). The second kappa shape index (κ2) is 8.03. The number of aromatic nitrogens is 1. The summed E-state index contributed by atoms with van der Waals surface area (Å²) in [4.78, 5) is 4.24. The molecule has 1 heterocycles. The summed E-state index contributed by atoms with van der Waals surface area (Å²) in [5, 5.41) is 12.6. The highest BCUT2D eigenvalue weighted by atomic mass is 16.5. The van der Waals surface area contributed by atoms with Crippen LogP contribution in [-0.2, 0) is 6.54 Å². The fourth-order valence-corrected chi connectivity index (χ4v) is 1.95. The molecule has 1 unspecified atom stereocenters. The number of rotatable bonds is 7. The highest BCUT2D eigenvalue weighted by Gasteiger charge is 2.11. The van der Waals surface area contributed by atoms with Crippen LogP contribution in [0.5, 0.6) is 5.75 Å². The van der Waals surface area contributed by atoms with E-state index in [0.29, 0.717) is 13.2 Å². The van der Waals surface area contributed by atoms with Crippen LogP contribution in [-0.4, -0.2) is 11.6 Å². The van der Waals surface area contributed by atoms with Crippen LogP contribution in [0.25, 0.3) is 0 Å². The fraction of sp³-hybridized carbons (Fsp3) is 0.294. The Bertz CT molecular complexity index is 592. The smallest absolute Gasteiger partial charge is 0.121 e. The normalized spacial score (nSPS) is 11.6. The Labute approximate surface area is 125 Å². The third kappa shape index (κ3) is 4.59. The lowest BCUT2D eigenvalue weighted by atomic mass is 10.1. The second-order valence-corrected chi connectivity index (χ2v) is 4.69. The summed E-state index contributed by atoms with van der Waals surface area (Å²) < 4.78 is 5.60. The van der Waals surface area contributed by atoms with Gasteiger partial charge in [0.2, 0.25) is 0 Å². The van der Waals surface area contributed by atoms with Gasteiger partial charge in [0, 0.05) is 12.7 Å². The van der Waals surface area contributed by atoms with Crippen LogP contribution < -0.4 is 10.1 Å². The molecule has 4 heteroatoms. The lowest BCUT2D eigenvalue weighted by Gasteiger charge is -2.13. The van der Waals surface area contributed by atoms with Crippen LogP contribution in [0.3, 0.4) is 0 Å². The monoisotopic (exact) mass is 281 g/mol. The number of pyridine rings is 1. The van der Waals surface area contributed by atoms with Crippen molar-refractivity contribution >= 4 is 0 Å². The zero-order valence-corrected chi connectivity index (χ0v) is 12.1. The molecule has 108 valence electrons. The molecule has 0 saturated carbocycles. The Hall–Kier alpha value is -2.38. The first-order chi connectivity index (χ1) is 10.3. The van der Waals surface area contributed by atoms with E-state index in [1.54, 1.807) is 6.20 Å². The van der Waals surface area contributed by atoms with E-state index in [4.69, 9.17) is 4.74 Å². The van der Waals surface area contributed by atoms with Crippen molar-refractivity contribution in [1.29, 1.82) is 5.26 Å². The third-order valence-electron chi connectivity index (χ3n) is 3.01. The minimum atomic E-state index is -0.378. The summed E-state index contributed by atoms with van der Waals surface area (Å²) in [7, 11) is 0. The number of benzene rings is 1. The van der Waals surface area contributed by atoms with Gasteiger partial charge in [-0.3, -0.25) is 10.3 Å². The van der Waals surface area contributed by atoms with E-state index < -0.39 is 0 Å². The van der Waals surface area contributed by atoms with Crippen molar-refractivity contribution in [3.05, 3.63) is 59.9 Å². The van der Waals surface area contributed by atoms with Crippen molar-refractivity contribution < 1.29 is 4.74 Å². The van der Waals surface area contributed by atoms with E-state index in [2.05, 4.69) is 23.3 Å². The van der Waals surface area contributed by atoms with Gasteiger partial charge in [0.05, 0.1) is 18.4 Å². The van der Waals surface area contributed by atoms with Gasteiger partial charge in [-0.15, -0.1) is 0 Å². The van der Waals surface area contributed by atoms with E-state index in [0.717, 1.165) is 23.4 Å². The molecule has 1 aromatic carbocycles. The number of hydrogen-bond donors (Lipinski definition) is 1. The Balaban J connectivity index is 2.02. The Morgan fingerprint density at radius 1 is 1.29 bits per heavy atom. The zero-order valence-electron chi connectivity index (χ0n) is 12.1. The molecular formula is C17H19N3O. The van der Waals surface area contributed by atoms with Gasteiger partial charge in [0.25, 0.3) is 0 Å². The minimum absolute atomic E-state index is 0.378. The standard InChI is InChI=1S/C17H19N3O/c1-2-10-21-16-8-5-6-14(11-16)17(12-18)20-13-15-7-3-4-9-19-15/h3-9,11,17,20H,2,10,13H2,1H3.